The van der Waals surface area contributed by atoms with Gasteiger partial charge in [0.1, 0.15) is 5.75 Å². The summed E-state index contributed by atoms with van der Waals surface area (Å²) in [7, 11) is 0. The number of benzene rings is 1. The van der Waals surface area contributed by atoms with Gasteiger partial charge < -0.3 is 10.1 Å². The van der Waals surface area contributed by atoms with Crippen molar-refractivity contribution in [3.05, 3.63) is 29.8 Å². The maximum absolute atomic E-state index is 12.6. The van der Waals surface area contributed by atoms with Crippen molar-refractivity contribution in [3.8, 4) is 5.75 Å². The summed E-state index contributed by atoms with van der Waals surface area (Å²) in [6, 6.07) is 7.23. The fourth-order valence-electron chi connectivity index (χ4n) is 2.83. The number of hydrogen-bond acceptors (Lipinski definition) is 3. The van der Waals surface area contributed by atoms with Gasteiger partial charge >= 0.3 is 6.18 Å². The molecule has 0 bridgehead atoms. The van der Waals surface area contributed by atoms with Crippen molar-refractivity contribution in [1.29, 1.82) is 0 Å². The molecule has 1 aliphatic heterocycles. The van der Waals surface area contributed by atoms with E-state index >= 15 is 0 Å². The van der Waals surface area contributed by atoms with Crippen LogP contribution in [0.25, 0.3) is 0 Å². The van der Waals surface area contributed by atoms with Gasteiger partial charge in [-0.2, -0.15) is 13.2 Å². The number of hydrogen-bond donors (Lipinski definition) is 1. The zero-order chi connectivity index (χ0) is 16.0. The Morgan fingerprint density at radius 3 is 2.64 bits per heavy atom. The number of nitrogens with one attached hydrogen (secondary N) is 1. The second kappa shape index (κ2) is 7.83. The molecule has 0 radical (unpaired) electrons. The van der Waals surface area contributed by atoms with Crippen LogP contribution >= 0.6 is 0 Å². The Kier molecular flexibility index (Phi) is 6.08. The van der Waals surface area contributed by atoms with E-state index in [1.165, 1.54) is 0 Å². The second-order valence-corrected chi connectivity index (χ2v) is 5.46. The van der Waals surface area contributed by atoms with Gasteiger partial charge in [0.15, 0.2) is 0 Å². The summed E-state index contributed by atoms with van der Waals surface area (Å²) in [6.45, 7) is 5.60. The molecule has 1 aromatic rings. The number of nitrogens with zero attached hydrogens (tertiary/aromatic N) is 1. The Labute approximate surface area is 129 Å². The first-order chi connectivity index (χ1) is 10.5. The first-order valence-corrected chi connectivity index (χ1v) is 7.74. The summed E-state index contributed by atoms with van der Waals surface area (Å²) in [5.41, 5.74) is 0.900. The van der Waals surface area contributed by atoms with Crippen LogP contribution in [0.2, 0.25) is 0 Å². The summed E-state index contributed by atoms with van der Waals surface area (Å²) in [5.74, 6) is 0.715. The van der Waals surface area contributed by atoms with Gasteiger partial charge in [0, 0.05) is 38.6 Å². The summed E-state index contributed by atoms with van der Waals surface area (Å²) in [5, 5.41) is 3.24. The highest BCUT2D eigenvalue weighted by Crippen LogP contribution is 2.33. The average molecular weight is 316 g/mol. The molecule has 0 amide bonds. The first-order valence-electron chi connectivity index (χ1n) is 7.74. The third kappa shape index (κ3) is 5.18. The number of ether oxygens (including phenoxy) is 1. The average Bonchev–Trinajstić information content (AvgIpc) is 2.48. The highest BCUT2D eigenvalue weighted by Gasteiger charge is 2.31. The lowest BCUT2D eigenvalue weighted by molar-refractivity contribution is -0.138. The molecule has 2 rings (SSSR count). The lowest BCUT2D eigenvalue weighted by atomic mass is 9.99. The zero-order valence-electron chi connectivity index (χ0n) is 12.8. The van der Waals surface area contributed by atoms with Gasteiger partial charge in [-0.3, -0.25) is 4.90 Å². The standard InChI is InChI=1S/C16H23F3N2O/c1-2-22-14-5-3-4-13(12-14)15(6-7-16(17,18)19)21-10-8-20-9-11-21/h3-5,12,15,20H,2,6-11H2,1H3/t15-/m1/s1. The minimum Gasteiger partial charge on any atom is -0.494 e. The Bertz CT molecular complexity index is 459. The summed E-state index contributed by atoms with van der Waals surface area (Å²) in [4.78, 5) is 2.13. The van der Waals surface area contributed by atoms with Gasteiger partial charge in [0.05, 0.1) is 6.61 Å². The van der Waals surface area contributed by atoms with E-state index in [4.69, 9.17) is 4.74 Å². The van der Waals surface area contributed by atoms with Crippen LogP contribution in [0.5, 0.6) is 5.75 Å². The maximum atomic E-state index is 12.6. The Hall–Kier alpha value is -1.27. The van der Waals surface area contributed by atoms with Gasteiger partial charge in [-0.15, -0.1) is 0 Å². The van der Waals surface area contributed by atoms with Crippen molar-refractivity contribution in [3.63, 3.8) is 0 Å². The molecule has 0 saturated carbocycles. The van der Waals surface area contributed by atoms with Crippen LogP contribution in [0.15, 0.2) is 24.3 Å². The molecule has 1 saturated heterocycles. The minimum absolute atomic E-state index is 0.0824. The van der Waals surface area contributed by atoms with Crippen molar-refractivity contribution in [2.75, 3.05) is 32.8 Å². The SMILES string of the molecule is CCOc1cccc([C@@H](CCC(F)(F)F)N2CCNCC2)c1. The normalized spacial score (nSPS) is 18.2. The molecule has 1 fully saturated rings. The van der Waals surface area contributed by atoms with Crippen LogP contribution in [0.3, 0.4) is 0 Å². The Balaban J connectivity index is 2.16. The largest absolute Gasteiger partial charge is 0.494 e. The molecule has 1 aromatic carbocycles. The van der Waals surface area contributed by atoms with Crippen molar-refractivity contribution in [2.24, 2.45) is 0 Å². The van der Waals surface area contributed by atoms with E-state index in [9.17, 15) is 13.2 Å². The highest BCUT2D eigenvalue weighted by molar-refractivity contribution is 5.30. The first kappa shape index (κ1) is 17.1. The van der Waals surface area contributed by atoms with Crippen molar-refractivity contribution >= 4 is 0 Å². The van der Waals surface area contributed by atoms with Crippen LogP contribution in [-0.2, 0) is 0 Å². The van der Waals surface area contributed by atoms with E-state index in [1.54, 1.807) is 0 Å². The molecule has 0 spiro atoms. The summed E-state index contributed by atoms with van der Waals surface area (Å²) >= 11 is 0. The van der Waals surface area contributed by atoms with Crippen molar-refractivity contribution in [2.45, 2.75) is 32.0 Å². The molecule has 22 heavy (non-hydrogen) atoms. The number of rotatable bonds is 6. The maximum Gasteiger partial charge on any atom is 0.389 e. The van der Waals surface area contributed by atoms with Crippen LogP contribution in [0, 0.1) is 0 Å². The molecule has 1 atom stereocenters. The van der Waals surface area contributed by atoms with Crippen molar-refractivity contribution < 1.29 is 17.9 Å². The molecular formula is C16H23F3N2O. The highest BCUT2D eigenvalue weighted by atomic mass is 19.4. The van der Waals surface area contributed by atoms with Crippen molar-refractivity contribution in [1.82, 2.24) is 10.2 Å². The molecule has 1 N–H and O–H groups in total. The number of piperazine rings is 1. The molecule has 6 heteroatoms. The van der Waals surface area contributed by atoms with E-state index in [-0.39, 0.29) is 12.5 Å². The second-order valence-electron chi connectivity index (χ2n) is 5.46. The van der Waals surface area contributed by atoms with E-state index in [0.717, 1.165) is 31.7 Å². The third-order valence-electron chi connectivity index (χ3n) is 3.85. The van der Waals surface area contributed by atoms with Crippen LogP contribution < -0.4 is 10.1 Å². The lowest BCUT2D eigenvalue weighted by Crippen LogP contribution is -2.45. The van der Waals surface area contributed by atoms with E-state index in [0.29, 0.717) is 12.4 Å². The fraction of sp³-hybridized carbons (Fsp3) is 0.625. The third-order valence-corrected chi connectivity index (χ3v) is 3.85. The molecule has 0 aromatic heterocycles. The van der Waals surface area contributed by atoms with Crippen LogP contribution in [0.1, 0.15) is 31.4 Å². The summed E-state index contributed by atoms with van der Waals surface area (Å²) in [6.07, 6.45) is -4.80. The molecular weight excluding hydrogens is 293 g/mol. The Morgan fingerprint density at radius 1 is 1.27 bits per heavy atom. The van der Waals surface area contributed by atoms with Gasteiger partial charge in [-0.05, 0) is 31.0 Å². The van der Waals surface area contributed by atoms with Gasteiger partial charge in [0.25, 0.3) is 0 Å². The van der Waals surface area contributed by atoms with Gasteiger partial charge in [0.2, 0.25) is 0 Å². The molecule has 0 unspecified atom stereocenters. The minimum atomic E-state index is -4.12. The molecule has 0 aliphatic carbocycles. The zero-order valence-corrected chi connectivity index (χ0v) is 12.8. The number of halogens is 3. The van der Waals surface area contributed by atoms with E-state index in [2.05, 4.69) is 10.2 Å². The summed E-state index contributed by atoms with van der Waals surface area (Å²) < 4.78 is 43.4. The van der Waals surface area contributed by atoms with Crippen LogP contribution in [-0.4, -0.2) is 43.9 Å². The molecule has 1 aliphatic rings. The van der Waals surface area contributed by atoms with Gasteiger partial charge in [-0.25, -0.2) is 0 Å². The number of alkyl halides is 3. The van der Waals surface area contributed by atoms with E-state index < -0.39 is 12.6 Å². The molecule has 1 heterocycles. The molecule has 124 valence electrons. The predicted molar refractivity (Wildman–Crippen MR) is 80.1 cm³/mol. The predicted octanol–water partition coefficient (Wildman–Crippen LogP) is 3.37. The fourth-order valence-corrected chi connectivity index (χ4v) is 2.83. The monoisotopic (exact) mass is 316 g/mol. The topological polar surface area (TPSA) is 24.5 Å². The van der Waals surface area contributed by atoms with Gasteiger partial charge in [-0.1, -0.05) is 12.1 Å². The smallest absolute Gasteiger partial charge is 0.389 e. The van der Waals surface area contributed by atoms with Crippen LogP contribution in [0.4, 0.5) is 13.2 Å². The quantitative estimate of drug-likeness (QED) is 0.871. The Morgan fingerprint density at radius 2 is 2.00 bits per heavy atom. The lowest BCUT2D eigenvalue weighted by Gasteiger charge is -2.35. The van der Waals surface area contributed by atoms with E-state index in [1.807, 2.05) is 31.2 Å². The molecule has 3 nitrogen and oxygen atoms in total.